The smallest absolute Gasteiger partial charge is 0.126 e. The lowest BCUT2D eigenvalue weighted by molar-refractivity contribution is 0.328. The van der Waals surface area contributed by atoms with Crippen molar-refractivity contribution in [2.75, 3.05) is 13.6 Å². The zero-order valence-corrected chi connectivity index (χ0v) is 11.4. The Hall–Kier alpha value is -1.74. The van der Waals surface area contributed by atoms with Crippen LogP contribution in [0.25, 0.3) is 0 Å². The van der Waals surface area contributed by atoms with Crippen LogP contribution in [-0.4, -0.2) is 18.5 Å². The van der Waals surface area contributed by atoms with Crippen LogP contribution in [0.5, 0.6) is 0 Å². The van der Waals surface area contributed by atoms with E-state index in [0.717, 1.165) is 31.1 Å². The summed E-state index contributed by atoms with van der Waals surface area (Å²) in [6, 6.07) is 12.0. The van der Waals surface area contributed by atoms with Crippen LogP contribution < -0.4 is 0 Å². The maximum atomic E-state index is 13.5. The van der Waals surface area contributed by atoms with Crippen molar-refractivity contribution < 1.29 is 8.78 Å². The number of fused-ring (bicyclic) bond motifs is 1. The number of benzene rings is 2. The van der Waals surface area contributed by atoms with Crippen molar-refractivity contribution >= 4 is 0 Å². The lowest BCUT2D eigenvalue weighted by Gasteiger charge is -2.18. The first-order valence-electron chi connectivity index (χ1n) is 6.86. The van der Waals surface area contributed by atoms with Gasteiger partial charge < -0.3 is 4.90 Å². The van der Waals surface area contributed by atoms with E-state index in [2.05, 4.69) is 24.1 Å². The molecule has 104 valence electrons. The SMILES string of the molecule is CN1CC[C@H](c2cc(F)cc(F)c2)c2ccccc2C1. The molecule has 1 aliphatic heterocycles. The minimum absolute atomic E-state index is 0.0568. The summed E-state index contributed by atoms with van der Waals surface area (Å²) in [5, 5.41) is 0. The highest BCUT2D eigenvalue weighted by Gasteiger charge is 2.22. The number of hydrogen-bond acceptors (Lipinski definition) is 1. The molecule has 0 fully saturated rings. The Labute approximate surface area is 117 Å². The predicted molar refractivity (Wildman–Crippen MR) is 75.6 cm³/mol. The summed E-state index contributed by atoms with van der Waals surface area (Å²) in [5.41, 5.74) is 3.15. The Bertz CT molecular complexity index is 604. The molecule has 0 aromatic heterocycles. The first-order chi connectivity index (χ1) is 9.63. The monoisotopic (exact) mass is 273 g/mol. The molecule has 0 aliphatic carbocycles. The summed E-state index contributed by atoms with van der Waals surface area (Å²) < 4.78 is 27.0. The highest BCUT2D eigenvalue weighted by atomic mass is 19.1. The number of hydrogen-bond donors (Lipinski definition) is 0. The van der Waals surface area contributed by atoms with Crippen molar-refractivity contribution in [3.63, 3.8) is 0 Å². The summed E-state index contributed by atoms with van der Waals surface area (Å²) in [4.78, 5) is 2.24. The summed E-state index contributed by atoms with van der Waals surface area (Å²) in [7, 11) is 2.07. The van der Waals surface area contributed by atoms with Crippen molar-refractivity contribution in [3.8, 4) is 0 Å². The standard InChI is InChI=1S/C17H17F2N/c1-20-7-6-17(13-8-14(18)10-15(19)9-13)16-5-3-2-4-12(16)11-20/h2-5,8-10,17H,6-7,11H2,1H3/t17-/m1/s1. The van der Waals surface area contributed by atoms with Gasteiger partial charge in [0.1, 0.15) is 11.6 Å². The lowest BCUT2D eigenvalue weighted by Crippen LogP contribution is -2.17. The number of nitrogens with zero attached hydrogens (tertiary/aromatic N) is 1. The first kappa shape index (κ1) is 13.3. The molecule has 20 heavy (non-hydrogen) atoms. The van der Waals surface area contributed by atoms with Crippen LogP contribution in [0, 0.1) is 11.6 Å². The highest BCUT2D eigenvalue weighted by molar-refractivity contribution is 5.39. The molecule has 3 rings (SSSR count). The Morgan fingerprint density at radius 1 is 1.05 bits per heavy atom. The fourth-order valence-corrected chi connectivity index (χ4v) is 3.02. The van der Waals surface area contributed by atoms with Gasteiger partial charge in [-0.15, -0.1) is 0 Å². The average molecular weight is 273 g/mol. The van der Waals surface area contributed by atoms with E-state index in [1.165, 1.54) is 23.3 Å². The molecule has 0 amide bonds. The van der Waals surface area contributed by atoms with Crippen LogP contribution in [0.3, 0.4) is 0 Å². The van der Waals surface area contributed by atoms with E-state index >= 15 is 0 Å². The minimum Gasteiger partial charge on any atom is -0.302 e. The Balaban J connectivity index is 2.08. The molecular weight excluding hydrogens is 256 g/mol. The van der Waals surface area contributed by atoms with Gasteiger partial charge in [-0.05, 0) is 48.8 Å². The maximum Gasteiger partial charge on any atom is 0.126 e. The van der Waals surface area contributed by atoms with Crippen molar-refractivity contribution in [3.05, 3.63) is 70.8 Å². The van der Waals surface area contributed by atoms with Gasteiger partial charge in [0.15, 0.2) is 0 Å². The van der Waals surface area contributed by atoms with Gasteiger partial charge in [-0.3, -0.25) is 0 Å². The van der Waals surface area contributed by atoms with Crippen molar-refractivity contribution in [1.29, 1.82) is 0 Å². The van der Waals surface area contributed by atoms with Crippen molar-refractivity contribution in [2.45, 2.75) is 18.9 Å². The topological polar surface area (TPSA) is 3.24 Å². The third kappa shape index (κ3) is 2.59. The molecule has 1 aliphatic rings. The van der Waals surface area contributed by atoms with E-state index in [1.54, 1.807) is 0 Å². The van der Waals surface area contributed by atoms with E-state index in [0.29, 0.717) is 0 Å². The molecule has 0 radical (unpaired) electrons. The zero-order valence-electron chi connectivity index (χ0n) is 11.4. The fraction of sp³-hybridized carbons (Fsp3) is 0.294. The third-order valence-electron chi connectivity index (χ3n) is 3.96. The van der Waals surface area contributed by atoms with Crippen LogP contribution in [0.2, 0.25) is 0 Å². The second-order valence-corrected chi connectivity index (χ2v) is 5.48. The van der Waals surface area contributed by atoms with Gasteiger partial charge in [0, 0.05) is 18.5 Å². The molecule has 0 unspecified atom stereocenters. The van der Waals surface area contributed by atoms with Crippen molar-refractivity contribution in [1.82, 2.24) is 4.90 Å². The second-order valence-electron chi connectivity index (χ2n) is 5.48. The molecule has 0 saturated carbocycles. The average Bonchev–Trinajstić information content (AvgIpc) is 2.55. The molecule has 1 atom stereocenters. The van der Waals surface area contributed by atoms with Crippen LogP contribution in [0.1, 0.15) is 29.0 Å². The van der Waals surface area contributed by atoms with Gasteiger partial charge >= 0.3 is 0 Å². The summed E-state index contributed by atoms with van der Waals surface area (Å²) in [6.07, 6.45) is 0.871. The van der Waals surface area contributed by atoms with Gasteiger partial charge in [0.05, 0.1) is 0 Å². The zero-order chi connectivity index (χ0) is 14.1. The molecule has 2 aromatic carbocycles. The molecule has 1 nitrogen and oxygen atoms in total. The van der Waals surface area contributed by atoms with Gasteiger partial charge in [-0.2, -0.15) is 0 Å². The molecule has 0 spiro atoms. The van der Waals surface area contributed by atoms with E-state index in [9.17, 15) is 8.78 Å². The minimum atomic E-state index is -0.505. The van der Waals surface area contributed by atoms with Crippen LogP contribution in [-0.2, 0) is 6.54 Å². The van der Waals surface area contributed by atoms with Crippen molar-refractivity contribution in [2.24, 2.45) is 0 Å². The van der Waals surface area contributed by atoms with Gasteiger partial charge in [0.25, 0.3) is 0 Å². The fourth-order valence-electron chi connectivity index (χ4n) is 3.02. The quantitative estimate of drug-likeness (QED) is 0.761. The van der Waals surface area contributed by atoms with Gasteiger partial charge in [0.2, 0.25) is 0 Å². The molecular formula is C17H17F2N. The summed E-state index contributed by atoms with van der Waals surface area (Å²) >= 11 is 0. The molecule has 0 N–H and O–H groups in total. The molecule has 3 heteroatoms. The largest absolute Gasteiger partial charge is 0.302 e. The van der Waals surface area contributed by atoms with E-state index < -0.39 is 11.6 Å². The molecule has 2 aromatic rings. The summed E-state index contributed by atoms with van der Waals surface area (Å²) in [5.74, 6) is -0.952. The molecule has 0 saturated heterocycles. The first-order valence-corrected chi connectivity index (χ1v) is 6.86. The highest BCUT2D eigenvalue weighted by Crippen LogP contribution is 2.34. The van der Waals surface area contributed by atoms with Gasteiger partial charge in [-0.1, -0.05) is 24.3 Å². The summed E-state index contributed by atoms with van der Waals surface area (Å²) in [6.45, 7) is 1.79. The van der Waals surface area contributed by atoms with Crippen LogP contribution in [0.15, 0.2) is 42.5 Å². The van der Waals surface area contributed by atoms with E-state index in [1.807, 2.05) is 12.1 Å². The molecule has 0 bridgehead atoms. The second kappa shape index (κ2) is 5.33. The molecule has 1 heterocycles. The van der Waals surface area contributed by atoms with E-state index in [4.69, 9.17) is 0 Å². The number of rotatable bonds is 1. The third-order valence-corrected chi connectivity index (χ3v) is 3.96. The van der Waals surface area contributed by atoms with Crippen LogP contribution in [0.4, 0.5) is 8.78 Å². The normalized spacial score (nSPS) is 19.4. The Morgan fingerprint density at radius 3 is 2.50 bits per heavy atom. The maximum absolute atomic E-state index is 13.5. The van der Waals surface area contributed by atoms with E-state index in [-0.39, 0.29) is 5.92 Å². The van der Waals surface area contributed by atoms with Gasteiger partial charge in [-0.25, -0.2) is 8.78 Å². The number of halogens is 2. The lowest BCUT2D eigenvalue weighted by atomic mass is 9.86. The Kier molecular flexibility index (Phi) is 3.53. The van der Waals surface area contributed by atoms with Crippen LogP contribution >= 0.6 is 0 Å². The Morgan fingerprint density at radius 2 is 1.75 bits per heavy atom. The predicted octanol–water partition coefficient (Wildman–Crippen LogP) is 3.93.